The van der Waals surface area contributed by atoms with Crippen LogP contribution >= 0.6 is 0 Å². The summed E-state index contributed by atoms with van der Waals surface area (Å²) in [4.78, 5) is 11.1. The molecule has 0 aliphatic carbocycles. The van der Waals surface area contributed by atoms with Crippen molar-refractivity contribution in [3.8, 4) is 0 Å². The van der Waals surface area contributed by atoms with E-state index in [0.717, 1.165) is 25.8 Å². The third kappa shape index (κ3) is 7.58. The first-order valence-corrected chi connectivity index (χ1v) is 6.73. The number of carbonyl (C=O) groups excluding carboxylic acids is 1. The first-order valence-electron chi connectivity index (χ1n) is 6.73. The Balaban J connectivity index is 1.89. The zero-order chi connectivity index (χ0) is 13.9. The van der Waals surface area contributed by atoms with Gasteiger partial charge in [0.25, 0.3) is 0 Å². The molecule has 19 heavy (non-hydrogen) atoms. The van der Waals surface area contributed by atoms with Gasteiger partial charge in [0.05, 0.1) is 6.61 Å². The van der Waals surface area contributed by atoms with Crippen LogP contribution in [0.3, 0.4) is 0 Å². The Kier molecular flexibility index (Phi) is 7.84. The van der Waals surface area contributed by atoms with Crippen LogP contribution in [0.2, 0.25) is 0 Å². The fourth-order valence-electron chi connectivity index (χ4n) is 1.72. The highest BCUT2D eigenvalue weighted by Crippen LogP contribution is 1.99. The number of aryl methyl sites for hydroxylation is 1. The molecule has 0 saturated heterocycles. The minimum Gasteiger partial charge on any atom is -0.380 e. The molecule has 0 aliphatic rings. The smallest absolute Gasteiger partial charge is 0.221 e. The lowest BCUT2D eigenvalue weighted by atomic mass is 10.2. The van der Waals surface area contributed by atoms with E-state index in [1.165, 1.54) is 0 Å². The van der Waals surface area contributed by atoms with Gasteiger partial charge in [-0.1, -0.05) is 0 Å². The zero-order valence-electron chi connectivity index (χ0n) is 11.5. The van der Waals surface area contributed by atoms with Gasteiger partial charge in [0.2, 0.25) is 5.91 Å². The second-order valence-electron chi connectivity index (χ2n) is 4.54. The molecule has 1 unspecified atom stereocenters. The standard InChI is InChI=1S/C13H24N4O2/c1-15-13(18)10-12(14)11-19-9-4-2-3-7-17-8-5-6-16-17/h5-6,8,12H,2-4,7,9-11,14H2,1H3,(H,15,18). The number of carbonyl (C=O) groups is 1. The summed E-state index contributed by atoms with van der Waals surface area (Å²) < 4.78 is 7.38. The van der Waals surface area contributed by atoms with Gasteiger partial charge >= 0.3 is 0 Å². The van der Waals surface area contributed by atoms with Crippen molar-refractivity contribution >= 4 is 5.91 Å². The number of nitrogens with two attached hydrogens (primary N) is 1. The van der Waals surface area contributed by atoms with Crippen molar-refractivity contribution in [2.24, 2.45) is 5.73 Å². The summed E-state index contributed by atoms with van der Waals surface area (Å²) in [5.74, 6) is -0.0460. The van der Waals surface area contributed by atoms with E-state index in [9.17, 15) is 4.79 Å². The van der Waals surface area contributed by atoms with Crippen LogP contribution < -0.4 is 11.1 Å². The maximum atomic E-state index is 11.1. The highest BCUT2D eigenvalue weighted by atomic mass is 16.5. The van der Waals surface area contributed by atoms with Gasteiger partial charge in [0, 0.05) is 45.1 Å². The fourth-order valence-corrected chi connectivity index (χ4v) is 1.72. The maximum Gasteiger partial charge on any atom is 0.221 e. The largest absolute Gasteiger partial charge is 0.380 e. The molecule has 0 radical (unpaired) electrons. The summed E-state index contributed by atoms with van der Waals surface area (Å²) in [6, 6.07) is 1.71. The van der Waals surface area contributed by atoms with E-state index in [-0.39, 0.29) is 11.9 Å². The van der Waals surface area contributed by atoms with E-state index >= 15 is 0 Å². The molecule has 0 bridgehead atoms. The molecule has 1 aromatic rings. The van der Waals surface area contributed by atoms with Crippen LogP contribution in [-0.2, 0) is 16.1 Å². The minimum absolute atomic E-state index is 0.0460. The Labute approximate surface area is 114 Å². The van der Waals surface area contributed by atoms with Gasteiger partial charge in [-0.2, -0.15) is 5.10 Å². The second-order valence-corrected chi connectivity index (χ2v) is 4.54. The van der Waals surface area contributed by atoms with Gasteiger partial charge in [-0.15, -0.1) is 0 Å². The lowest BCUT2D eigenvalue weighted by Crippen LogP contribution is -2.33. The Bertz CT molecular complexity index is 340. The van der Waals surface area contributed by atoms with Gasteiger partial charge in [-0.05, 0) is 25.3 Å². The molecular formula is C13H24N4O2. The second kappa shape index (κ2) is 9.52. The van der Waals surface area contributed by atoms with E-state index < -0.39 is 0 Å². The van der Waals surface area contributed by atoms with Gasteiger partial charge in [0.15, 0.2) is 0 Å². The molecular weight excluding hydrogens is 244 g/mol. The lowest BCUT2D eigenvalue weighted by molar-refractivity contribution is -0.121. The Morgan fingerprint density at radius 3 is 3.00 bits per heavy atom. The molecule has 0 spiro atoms. The van der Waals surface area contributed by atoms with Crippen LogP contribution in [-0.4, -0.2) is 42.0 Å². The maximum absolute atomic E-state index is 11.1. The quantitative estimate of drug-likeness (QED) is 0.607. The van der Waals surface area contributed by atoms with Gasteiger partial charge in [-0.25, -0.2) is 0 Å². The number of hydrogen-bond acceptors (Lipinski definition) is 4. The zero-order valence-corrected chi connectivity index (χ0v) is 11.5. The molecule has 1 rings (SSSR count). The van der Waals surface area contributed by atoms with Crippen molar-refractivity contribution < 1.29 is 9.53 Å². The number of nitrogens with zero attached hydrogens (tertiary/aromatic N) is 2. The molecule has 0 fully saturated rings. The number of aromatic nitrogens is 2. The average Bonchev–Trinajstić information content (AvgIpc) is 2.90. The van der Waals surface area contributed by atoms with Gasteiger partial charge < -0.3 is 15.8 Å². The molecule has 0 aromatic carbocycles. The summed E-state index contributed by atoms with van der Waals surface area (Å²) in [6.07, 6.45) is 7.27. The first kappa shape index (κ1) is 15.7. The number of unbranched alkanes of at least 4 members (excludes halogenated alkanes) is 2. The Morgan fingerprint density at radius 2 is 2.32 bits per heavy atom. The van der Waals surface area contributed by atoms with Crippen LogP contribution in [0.4, 0.5) is 0 Å². The molecule has 6 nitrogen and oxygen atoms in total. The minimum atomic E-state index is -0.218. The molecule has 3 N–H and O–H groups in total. The van der Waals surface area contributed by atoms with Crippen molar-refractivity contribution in [1.82, 2.24) is 15.1 Å². The molecule has 1 amide bonds. The van der Waals surface area contributed by atoms with Crippen LogP contribution in [0.5, 0.6) is 0 Å². The molecule has 6 heteroatoms. The number of nitrogens with one attached hydrogen (secondary N) is 1. The monoisotopic (exact) mass is 268 g/mol. The summed E-state index contributed by atoms with van der Waals surface area (Å²) in [6.45, 7) is 2.08. The summed E-state index contributed by atoms with van der Waals surface area (Å²) in [5.41, 5.74) is 5.76. The number of amides is 1. The number of hydrogen-bond donors (Lipinski definition) is 2. The third-order valence-corrected chi connectivity index (χ3v) is 2.79. The molecule has 1 heterocycles. The van der Waals surface area contributed by atoms with E-state index in [1.807, 2.05) is 16.9 Å². The van der Waals surface area contributed by atoms with Crippen molar-refractivity contribution in [3.05, 3.63) is 18.5 Å². The number of ether oxygens (including phenoxy) is 1. The van der Waals surface area contributed by atoms with Gasteiger partial charge in [-0.3, -0.25) is 9.48 Å². The summed E-state index contributed by atoms with van der Waals surface area (Å²) in [5, 5.41) is 6.68. The topological polar surface area (TPSA) is 82.2 Å². The lowest BCUT2D eigenvalue weighted by Gasteiger charge is -2.11. The third-order valence-electron chi connectivity index (χ3n) is 2.79. The van der Waals surface area contributed by atoms with E-state index in [0.29, 0.717) is 19.6 Å². The molecule has 0 saturated carbocycles. The highest BCUT2D eigenvalue weighted by molar-refractivity contribution is 5.76. The van der Waals surface area contributed by atoms with E-state index in [1.54, 1.807) is 13.2 Å². The summed E-state index contributed by atoms with van der Waals surface area (Å²) >= 11 is 0. The summed E-state index contributed by atoms with van der Waals surface area (Å²) in [7, 11) is 1.61. The van der Waals surface area contributed by atoms with Crippen LogP contribution in [0, 0.1) is 0 Å². The normalized spacial score (nSPS) is 12.3. The molecule has 0 aliphatic heterocycles. The highest BCUT2D eigenvalue weighted by Gasteiger charge is 2.07. The number of rotatable bonds is 10. The van der Waals surface area contributed by atoms with Crippen LogP contribution in [0.15, 0.2) is 18.5 Å². The van der Waals surface area contributed by atoms with Crippen molar-refractivity contribution in [1.29, 1.82) is 0 Å². The molecule has 108 valence electrons. The molecule has 1 atom stereocenters. The van der Waals surface area contributed by atoms with E-state index in [4.69, 9.17) is 10.5 Å². The predicted molar refractivity (Wildman–Crippen MR) is 73.6 cm³/mol. The Hall–Kier alpha value is -1.40. The van der Waals surface area contributed by atoms with Crippen molar-refractivity contribution in [3.63, 3.8) is 0 Å². The van der Waals surface area contributed by atoms with Crippen molar-refractivity contribution in [2.75, 3.05) is 20.3 Å². The SMILES string of the molecule is CNC(=O)CC(N)COCCCCCn1cccn1. The first-order chi connectivity index (χ1) is 9.22. The van der Waals surface area contributed by atoms with E-state index in [2.05, 4.69) is 10.4 Å². The predicted octanol–water partition coefficient (Wildman–Crippen LogP) is 0.533. The van der Waals surface area contributed by atoms with Crippen molar-refractivity contribution in [2.45, 2.75) is 38.3 Å². The average molecular weight is 268 g/mol. The molecule has 1 aromatic heterocycles. The van der Waals surface area contributed by atoms with Gasteiger partial charge in [0.1, 0.15) is 0 Å². The Morgan fingerprint density at radius 1 is 1.47 bits per heavy atom. The fraction of sp³-hybridized carbons (Fsp3) is 0.692. The van der Waals surface area contributed by atoms with Crippen LogP contribution in [0.25, 0.3) is 0 Å². The van der Waals surface area contributed by atoms with Crippen LogP contribution in [0.1, 0.15) is 25.7 Å².